The lowest BCUT2D eigenvalue weighted by molar-refractivity contribution is -0.142. The number of likely N-dealkylation sites (N-methyl/N-ethyl adjacent to an activating group) is 1. The Hall–Kier alpha value is -2.69. The van der Waals surface area contributed by atoms with Gasteiger partial charge in [-0.3, -0.25) is 14.4 Å². The highest BCUT2D eigenvalue weighted by Crippen LogP contribution is 2.29. The average molecular weight is 481 g/mol. The molecular weight excluding hydrogens is 456 g/mol. The van der Waals surface area contributed by atoms with E-state index < -0.39 is 40.5 Å². The van der Waals surface area contributed by atoms with Crippen LogP contribution in [0.3, 0.4) is 0 Å². The van der Waals surface area contributed by atoms with Gasteiger partial charge in [0.2, 0.25) is 27.7 Å². The largest absolute Gasteiger partial charge is 0.369 e. The first-order chi connectivity index (χ1) is 14.9. The van der Waals surface area contributed by atoms with Crippen LogP contribution in [0.2, 0.25) is 5.02 Å². The Morgan fingerprint density at radius 3 is 2.44 bits per heavy atom. The van der Waals surface area contributed by atoms with Crippen LogP contribution >= 0.6 is 11.6 Å². The monoisotopic (exact) mass is 480 g/mol. The van der Waals surface area contributed by atoms with Crippen LogP contribution < -0.4 is 5.73 Å². The van der Waals surface area contributed by atoms with Gasteiger partial charge in [-0.15, -0.1) is 0 Å². The van der Waals surface area contributed by atoms with Crippen molar-refractivity contribution >= 4 is 50.1 Å². The van der Waals surface area contributed by atoms with Crippen molar-refractivity contribution in [3.05, 3.63) is 41.4 Å². The molecule has 11 heteroatoms. The number of fused-ring (bicyclic) bond motifs is 1. The number of rotatable bonds is 7. The van der Waals surface area contributed by atoms with E-state index in [1.165, 1.54) is 21.9 Å². The molecular formula is C21H25ClN4O5S. The van der Waals surface area contributed by atoms with E-state index in [4.69, 9.17) is 17.3 Å². The van der Waals surface area contributed by atoms with Gasteiger partial charge in [0, 0.05) is 25.7 Å². The van der Waals surface area contributed by atoms with Gasteiger partial charge in [-0.2, -0.15) is 4.31 Å². The highest BCUT2D eigenvalue weighted by Gasteiger charge is 2.45. The van der Waals surface area contributed by atoms with Gasteiger partial charge in [0.1, 0.15) is 12.1 Å². The van der Waals surface area contributed by atoms with E-state index in [0.29, 0.717) is 10.4 Å². The third-order valence-electron chi connectivity index (χ3n) is 5.52. The number of benzene rings is 2. The minimum atomic E-state index is -4.24. The van der Waals surface area contributed by atoms with Crippen LogP contribution in [-0.4, -0.2) is 79.5 Å². The van der Waals surface area contributed by atoms with Gasteiger partial charge >= 0.3 is 0 Å². The van der Waals surface area contributed by atoms with Gasteiger partial charge in [0.05, 0.1) is 11.4 Å². The van der Waals surface area contributed by atoms with E-state index in [-0.39, 0.29) is 23.8 Å². The van der Waals surface area contributed by atoms with E-state index in [1.54, 1.807) is 45.3 Å². The highest BCUT2D eigenvalue weighted by atomic mass is 35.5. The Kier molecular flexibility index (Phi) is 6.77. The number of nitrogens with zero attached hydrogens (tertiary/aromatic N) is 3. The molecule has 2 atom stereocenters. The number of carbonyl (C=O) groups excluding carboxylic acids is 3. The quantitative estimate of drug-likeness (QED) is 0.634. The molecule has 2 aromatic rings. The highest BCUT2D eigenvalue weighted by molar-refractivity contribution is 7.89. The predicted octanol–water partition coefficient (Wildman–Crippen LogP) is 1.05. The number of likely N-dealkylation sites (tertiary alicyclic amines) is 1. The Morgan fingerprint density at radius 2 is 1.81 bits per heavy atom. The number of sulfonamides is 1. The number of primary amides is 1. The number of hydrogen-bond acceptors (Lipinski definition) is 5. The van der Waals surface area contributed by atoms with Crippen molar-refractivity contribution in [3.63, 3.8) is 0 Å². The summed E-state index contributed by atoms with van der Waals surface area (Å²) in [5.41, 5.74) is 5.33. The molecule has 1 aliphatic heterocycles. The Morgan fingerprint density at radius 1 is 1.19 bits per heavy atom. The van der Waals surface area contributed by atoms with Crippen LogP contribution in [0.25, 0.3) is 10.8 Å². The van der Waals surface area contributed by atoms with Crippen molar-refractivity contribution < 1.29 is 22.8 Å². The van der Waals surface area contributed by atoms with Crippen LogP contribution in [0.4, 0.5) is 0 Å². The minimum Gasteiger partial charge on any atom is -0.369 e. The molecule has 1 heterocycles. The van der Waals surface area contributed by atoms with Gasteiger partial charge in [-0.25, -0.2) is 8.42 Å². The molecule has 0 radical (unpaired) electrons. The first-order valence-corrected chi connectivity index (χ1v) is 11.8. The summed E-state index contributed by atoms with van der Waals surface area (Å²) in [7, 11) is -1.09. The molecule has 2 aromatic carbocycles. The number of hydrogen-bond donors (Lipinski definition) is 1. The van der Waals surface area contributed by atoms with Crippen LogP contribution in [0.5, 0.6) is 0 Å². The lowest BCUT2D eigenvalue weighted by atomic mass is 10.1. The van der Waals surface area contributed by atoms with Crippen molar-refractivity contribution in [2.24, 2.45) is 5.73 Å². The van der Waals surface area contributed by atoms with Crippen molar-refractivity contribution in [2.45, 2.75) is 30.3 Å². The smallest absolute Gasteiger partial charge is 0.244 e. The average Bonchev–Trinajstić information content (AvgIpc) is 3.10. The summed E-state index contributed by atoms with van der Waals surface area (Å²) in [5.74, 6) is -1.70. The van der Waals surface area contributed by atoms with Crippen LogP contribution in [0.1, 0.15) is 13.3 Å². The molecule has 1 saturated heterocycles. The van der Waals surface area contributed by atoms with Crippen molar-refractivity contribution in [1.29, 1.82) is 0 Å². The molecule has 0 aliphatic carbocycles. The van der Waals surface area contributed by atoms with Crippen LogP contribution in [0.15, 0.2) is 41.3 Å². The van der Waals surface area contributed by atoms with E-state index in [9.17, 15) is 22.8 Å². The van der Waals surface area contributed by atoms with E-state index >= 15 is 0 Å². The first-order valence-electron chi connectivity index (χ1n) is 9.94. The predicted molar refractivity (Wildman–Crippen MR) is 120 cm³/mol. The summed E-state index contributed by atoms with van der Waals surface area (Å²) in [6, 6.07) is 7.61. The topological polar surface area (TPSA) is 121 Å². The normalized spacial score (nSPS) is 17.7. The SMILES string of the molecule is C[C@@H](C(=O)N(C)C)N1CC[C@H](N(CC(N)=O)S(=O)(=O)c2ccc3cc(Cl)ccc3c2)C1=O. The molecule has 0 aromatic heterocycles. The number of nitrogens with two attached hydrogens (primary N) is 1. The van der Waals surface area contributed by atoms with E-state index in [0.717, 1.165) is 9.69 Å². The molecule has 0 saturated carbocycles. The maximum Gasteiger partial charge on any atom is 0.244 e. The third-order valence-corrected chi connectivity index (χ3v) is 7.60. The molecule has 172 valence electrons. The maximum absolute atomic E-state index is 13.5. The van der Waals surface area contributed by atoms with Gasteiger partial charge in [0.25, 0.3) is 0 Å². The summed E-state index contributed by atoms with van der Waals surface area (Å²) in [6.07, 6.45) is 0.138. The van der Waals surface area contributed by atoms with Crippen molar-refractivity contribution in [1.82, 2.24) is 14.1 Å². The van der Waals surface area contributed by atoms with Crippen molar-refractivity contribution in [3.8, 4) is 0 Å². The molecule has 3 rings (SSSR count). The molecule has 0 spiro atoms. The molecule has 32 heavy (non-hydrogen) atoms. The second kappa shape index (κ2) is 9.05. The summed E-state index contributed by atoms with van der Waals surface area (Å²) >= 11 is 5.99. The summed E-state index contributed by atoms with van der Waals surface area (Å²) in [4.78, 5) is 39.8. The Labute approximate surface area is 191 Å². The molecule has 9 nitrogen and oxygen atoms in total. The lowest BCUT2D eigenvalue weighted by Crippen LogP contribution is -2.51. The number of halogens is 1. The standard InChI is InChI=1S/C21H25ClN4O5S/c1-13(20(28)24(2)3)25-9-8-18(21(25)29)26(12-19(23)27)32(30,31)17-7-5-14-10-16(22)6-4-15(14)11-17/h4-7,10-11,13,18H,8-9,12H2,1-3H3,(H2,23,27)/t13-,18-/m0/s1. The van der Waals surface area contributed by atoms with E-state index in [2.05, 4.69) is 0 Å². The van der Waals surface area contributed by atoms with Crippen molar-refractivity contribution in [2.75, 3.05) is 27.2 Å². The fourth-order valence-corrected chi connectivity index (χ4v) is 5.65. The summed E-state index contributed by atoms with van der Waals surface area (Å²) in [6.45, 7) is 1.12. The maximum atomic E-state index is 13.5. The zero-order valence-corrected chi connectivity index (χ0v) is 19.6. The third kappa shape index (κ3) is 4.57. The second-order valence-corrected chi connectivity index (χ2v) is 10.2. The van der Waals surface area contributed by atoms with Crippen LogP contribution in [-0.2, 0) is 24.4 Å². The molecule has 1 fully saturated rings. The summed E-state index contributed by atoms with van der Waals surface area (Å²) < 4.78 is 27.8. The Bertz CT molecular complexity index is 1180. The molecule has 0 unspecified atom stereocenters. The lowest BCUT2D eigenvalue weighted by Gasteiger charge is -2.29. The fraction of sp³-hybridized carbons (Fsp3) is 0.381. The van der Waals surface area contributed by atoms with Gasteiger partial charge in [0.15, 0.2) is 0 Å². The number of amides is 3. The second-order valence-electron chi connectivity index (χ2n) is 7.91. The molecule has 0 bridgehead atoms. The zero-order valence-electron chi connectivity index (χ0n) is 18.0. The van der Waals surface area contributed by atoms with Gasteiger partial charge < -0.3 is 15.5 Å². The minimum absolute atomic E-state index is 0.0720. The Balaban J connectivity index is 1.97. The van der Waals surface area contributed by atoms with Gasteiger partial charge in [-0.05, 0) is 48.4 Å². The van der Waals surface area contributed by atoms with Gasteiger partial charge in [-0.1, -0.05) is 23.7 Å². The van der Waals surface area contributed by atoms with E-state index in [1.807, 2.05) is 0 Å². The molecule has 1 aliphatic rings. The van der Waals surface area contributed by atoms with Crippen LogP contribution in [0, 0.1) is 0 Å². The zero-order chi connectivity index (χ0) is 23.8. The molecule has 3 amide bonds. The first kappa shape index (κ1) is 24.0. The molecule has 2 N–H and O–H groups in total. The fourth-order valence-electron chi connectivity index (χ4n) is 3.85. The summed E-state index contributed by atoms with van der Waals surface area (Å²) in [5, 5.41) is 1.90. The number of carbonyl (C=O) groups is 3.